The molecule has 2 N–H and O–H groups in total. The zero-order valence-corrected chi connectivity index (χ0v) is 24.3. The van der Waals surface area contributed by atoms with E-state index in [1.54, 1.807) is 4.90 Å². The standard InChI is InChI=1S/C31H40N2O6S/c1-30-15-13-21(34)18-20(30)7-10-23-24-11-12-27(31(24,2)16-14-25(23)30)39-29(36)26-4-3-17-33(26)28(35)19-5-8-22(9-6-19)40(32,37)38/h5-6,8-9,18,23-27H,3-4,7,10-17H2,1-2H3,(H2,32,37,38). The van der Waals surface area contributed by atoms with E-state index in [2.05, 4.69) is 13.8 Å². The fourth-order valence-electron chi connectivity index (χ4n) is 9.13. The predicted molar refractivity (Wildman–Crippen MR) is 148 cm³/mol. The Kier molecular flexibility index (Phi) is 6.77. The molecule has 4 fully saturated rings. The van der Waals surface area contributed by atoms with E-state index in [-0.39, 0.29) is 39.5 Å². The Hall–Kier alpha value is -2.52. The number of rotatable bonds is 4. The largest absolute Gasteiger partial charge is 0.460 e. The van der Waals surface area contributed by atoms with E-state index in [1.165, 1.54) is 29.8 Å². The monoisotopic (exact) mass is 568 g/mol. The summed E-state index contributed by atoms with van der Waals surface area (Å²) in [6, 6.07) is 4.88. The smallest absolute Gasteiger partial charge is 0.329 e. The van der Waals surface area contributed by atoms with Gasteiger partial charge in [-0.1, -0.05) is 19.4 Å². The van der Waals surface area contributed by atoms with E-state index in [9.17, 15) is 22.8 Å². The third-order valence-corrected chi connectivity index (χ3v) is 12.3. The van der Waals surface area contributed by atoms with Crippen molar-refractivity contribution in [2.24, 2.45) is 33.7 Å². The minimum Gasteiger partial charge on any atom is -0.460 e. The normalized spacial score (nSPS) is 37.3. The number of nitrogens with two attached hydrogens (primary N) is 1. The molecule has 1 aromatic rings. The molecule has 8 nitrogen and oxygen atoms in total. The van der Waals surface area contributed by atoms with Crippen molar-refractivity contribution in [3.8, 4) is 0 Å². The number of nitrogens with zero attached hydrogens (tertiary/aromatic N) is 1. The van der Waals surface area contributed by atoms with Gasteiger partial charge in [0.05, 0.1) is 4.90 Å². The van der Waals surface area contributed by atoms with Crippen LogP contribution in [0.25, 0.3) is 0 Å². The molecule has 0 aromatic heterocycles. The van der Waals surface area contributed by atoms with Crippen LogP contribution in [0.3, 0.4) is 0 Å². The van der Waals surface area contributed by atoms with Crippen molar-refractivity contribution in [2.45, 2.75) is 95.1 Å². The lowest BCUT2D eigenvalue weighted by Crippen LogP contribution is -2.52. The van der Waals surface area contributed by atoms with Crippen molar-refractivity contribution < 1.29 is 27.5 Å². The molecule has 216 valence electrons. The van der Waals surface area contributed by atoms with Gasteiger partial charge in [-0.25, -0.2) is 18.4 Å². The summed E-state index contributed by atoms with van der Waals surface area (Å²) in [7, 11) is -3.85. The van der Waals surface area contributed by atoms with Crippen LogP contribution >= 0.6 is 0 Å². The zero-order valence-electron chi connectivity index (χ0n) is 23.4. The van der Waals surface area contributed by atoms with Gasteiger partial charge in [0.1, 0.15) is 12.1 Å². The Balaban J connectivity index is 1.15. The molecule has 0 bridgehead atoms. The Morgan fingerprint density at radius 1 is 0.975 bits per heavy atom. The first-order valence-electron chi connectivity index (χ1n) is 14.8. The molecule has 1 amide bonds. The summed E-state index contributed by atoms with van der Waals surface area (Å²) in [5.74, 6) is 1.31. The topological polar surface area (TPSA) is 124 Å². The van der Waals surface area contributed by atoms with Gasteiger partial charge in [-0.2, -0.15) is 0 Å². The number of benzene rings is 1. The molecule has 7 unspecified atom stereocenters. The van der Waals surface area contributed by atoms with Gasteiger partial charge in [0.15, 0.2) is 5.78 Å². The van der Waals surface area contributed by atoms with E-state index in [0.717, 1.165) is 44.9 Å². The fraction of sp³-hybridized carbons (Fsp3) is 0.645. The summed E-state index contributed by atoms with van der Waals surface area (Å²) in [5, 5.41) is 5.18. The third-order valence-electron chi connectivity index (χ3n) is 11.3. The Morgan fingerprint density at radius 3 is 2.45 bits per heavy atom. The molecule has 1 heterocycles. The van der Waals surface area contributed by atoms with Crippen molar-refractivity contribution in [3.05, 3.63) is 41.5 Å². The highest BCUT2D eigenvalue weighted by atomic mass is 32.2. The molecule has 1 saturated heterocycles. The second kappa shape index (κ2) is 9.79. The molecule has 5 aliphatic rings. The van der Waals surface area contributed by atoms with Gasteiger partial charge in [-0.3, -0.25) is 9.59 Å². The molecule has 6 rings (SSSR count). The van der Waals surface area contributed by atoms with Gasteiger partial charge >= 0.3 is 5.97 Å². The lowest BCUT2D eigenvalue weighted by Gasteiger charge is -2.57. The highest BCUT2D eigenvalue weighted by Crippen LogP contribution is 2.65. The van der Waals surface area contributed by atoms with Crippen LogP contribution in [0.4, 0.5) is 0 Å². The highest BCUT2D eigenvalue weighted by molar-refractivity contribution is 7.89. The Labute approximate surface area is 236 Å². The average molecular weight is 569 g/mol. The van der Waals surface area contributed by atoms with Crippen molar-refractivity contribution in [2.75, 3.05) is 6.54 Å². The molecule has 3 saturated carbocycles. The van der Waals surface area contributed by atoms with Crippen LogP contribution < -0.4 is 5.14 Å². The summed E-state index contributed by atoms with van der Waals surface area (Å²) < 4.78 is 29.4. The molecule has 1 aliphatic heterocycles. The molecule has 7 atom stereocenters. The van der Waals surface area contributed by atoms with Crippen molar-refractivity contribution >= 4 is 27.7 Å². The van der Waals surface area contributed by atoms with Gasteiger partial charge in [0, 0.05) is 23.9 Å². The minimum absolute atomic E-state index is 0.0589. The number of ether oxygens (including phenoxy) is 1. The summed E-state index contributed by atoms with van der Waals surface area (Å²) in [6.45, 7) is 5.15. The quantitative estimate of drug-likeness (QED) is 0.538. The number of sulfonamides is 1. The number of allylic oxidation sites excluding steroid dienone is 1. The van der Waals surface area contributed by atoms with Crippen LogP contribution in [0, 0.1) is 28.6 Å². The number of carbonyl (C=O) groups excluding carboxylic acids is 3. The molecule has 0 spiro atoms. The van der Waals surface area contributed by atoms with Crippen molar-refractivity contribution in [1.82, 2.24) is 4.90 Å². The molecule has 1 aromatic carbocycles. The van der Waals surface area contributed by atoms with Crippen molar-refractivity contribution in [1.29, 1.82) is 0 Å². The van der Waals surface area contributed by atoms with E-state index >= 15 is 0 Å². The maximum atomic E-state index is 13.6. The molecule has 0 radical (unpaired) electrons. The number of hydrogen-bond donors (Lipinski definition) is 1. The number of carbonyl (C=O) groups is 3. The Bertz CT molecular complexity index is 1370. The zero-order chi connectivity index (χ0) is 28.4. The minimum atomic E-state index is -3.85. The fourth-order valence-corrected chi connectivity index (χ4v) is 9.65. The number of esters is 1. The van der Waals surface area contributed by atoms with E-state index in [0.29, 0.717) is 49.1 Å². The number of primary sulfonamides is 1. The SMILES string of the molecule is CC12CCC(=O)C=C1CCC1C2CCC2(C)C(OC(=O)C3CCCN3C(=O)c3ccc(S(N)(=O)=O)cc3)CCC12. The lowest BCUT2D eigenvalue weighted by atomic mass is 9.47. The van der Waals surface area contributed by atoms with Crippen LogP contribution in [0.1, 0.15) is 88.4 Å². The molecule has 9 heteroatoms. The Morgan fingerprint density at radius 2 is 1.73 bits per heavy atom. The number of amides is 1. The first kappa shape index (κ1) is 27.6. The van der Waals surface area contributed by atoms with Gasteiger partial charge in [-0.05, 0) is 111 Å². The van der Waals surface area contributed by atoms with E-state index < -0.39 is 16.1 Å². The number of hydrogen-bond acceptors (Lipinski definition) is 6. The molecule has 4 aliphatic carbocycles. The van der Waals surface area contributed by atoms with Crippen LogP contribution in [0.5, 0.6) is 0 Å². The number of fused-ring (bicyclic) bond motifs is 5. The van der Waals surface area contributed by atoms with E-state index in [1.807, 2.05) is 6.08 Å². The summed E-state index contributed by atoms with van der Waals surface area (Å²) in [4.78, 5) is 40.5. The maximum absolute atomic E-state index is 13.6. The number of ketones is 1. The highest BCUT2D eigenvalue weighted by Gasteiger charge is 2.60. The molecular formula is C31H40N2O6S. The lowest BCUT2D eigenvalue weighted by molar-refractivity contribution is -0.164. The first-order valence-corrected chi connectivity index (χ1v) is 16.3. The molecule has 40 heavy (non-hydrogen) atoms. The molecular weight excluding hydrogens is 528 g/mol. The predicted octanol–water partition coefficient (Wildman–Crippen LogP) is 4.38. The van der Waals surface area contributed by atoms with Crippen molar-refractivity contribution in [3.63, 3.8) is 0 Å². The third kappa shape index (κ3) is 4.44. The second-order valence-electron chi connectivity index (χ2n) is 13.2. The van der Waals surface area contributed by atoms with Crippen LogP contribution in [0.2, 0.25) is 0 Å². The van der Waals surface area contributed by atoms with Gasteiger partial charge in [0.25, 0.3) is 5.91 Å². The van der Waals surface area contributed by atoms with Gasteiger partial charge in [0.2, 0.25) is 10.0 Å². The van der Waals surface area contributed by atoms with Crippen LogP contribution in [-0.4, -0.2) is 49.7 Å². The van der Waals surface area contributed by atoms with Gasteiger partial charge < -0.3 is 9.64 Å². The van der Waals surface area contributed by atoms with Gasteiger partial charge in [-0.15, -0.1) is 0 Å². The van der Waals surface area contributed by atoms with E-state index in [4.69, 9.17) is 9.88 Å². The van der Waals surface area contributed by atoms with Crippen LogP contribution in [-0.2, 0) is 24.3 Å². The first-order chi connectivity index (χ1) is 18.9. The number of likely N-dealkylation sites (tertiary alicyclic amines) is 1. The second-order valence-corrected chi connectivity index (χ2v) is 14.8. The summed E-state index contributed by atoms with van der Waals surface area (Å²) in [5.41, 5.74) is 1.72. The summed E-state index contributed by atoms with van der Waals surface area (Å²) >= 11 is 0. The average Bonchev–Trinajstić information content (AvgIpc) is 3.53. The summed E-state index contributed by atoms with van der Waals surface area (Å²) in [6.07, 6.45) is 10.8. The maximum Gasteiger partial charge on any atom is 0.329 e. The van der Waals surface area contributed by atoms with Crippen LogP contribution in [0.15, 0.2) is 40.8 Å².